The molecule has 1 aliphatic rings. The molecular formula is C23H26N4O2. The molecule has 4 rings (SSSR count). The van der Waals surface area contributed by atoms with Gasteiger partial charge in [0.25, 0.3) is 0 Å². The third-order valence-electron chi connectivity index (χ3n) is 5.55. The van der Waals surface area contributed by atoms with Gasteiger partial charge in [0.2, 0.25) is 17.7 Å². The molecule has 6 heteroatoms. The molecule has 1 atom stereocenters. The highest BCUT2D eigenvalue weighted by molar-refractivity contribution is 5.92. The molecule has 0 bridgehead atoms. The molecule has 6 nitrogen and oxygen atoms in total. The summed E-state index contributed by atoms with van der Waals surface area (Å²) in [6.07, 6.45) is 1.64. The van der Waals surface area contributed by atoms with Gasteiger partial charge < -0.3 is 9.73 Å². The highest BCUT2D eigenvalue weighted by atomic mass is 16.4. The number of anilines is 1. The molecular weight excluding hydrogens is 364 g/mol. The van der Waals surface area contributed by atoms with Gasteiger partial charge in [0.15, 0.2) is 0 Å². The number of benzene rings is 2. The molecule has 1 fully saturated rings. The van der Waals surface area contributed by atoms with Gasteiger partial charge in [-0.05, 0) is 64.0 Å². The van der Waals surface area contributed by atoms with E-state index in [0.717, 1.165) is 42.7 Å². The Balaban J connectivity index is 1.34. The van der Waals surface area contributed by atoms with E-state index < -0.39 is 0 Å². The number of para-hydroxylation sites is 1. The summed E-state index contributed by atoms with van der Waals surface area (Å²) < 4.78 is 5.95. The number of hydrogen-bond donors (Lipinski definition) is 1. The normalized spacial score (nSPS) is 16.5. The van der Waals surface area contributed by atoms with Crippen LogP contribution in [-0.2, 0) is 4.79 Å². The molecule has 1 amide bonds. The van der Waals surface area contributed by atoms with Gasteiger partial charge in [-0.15, -0.1) is 10.2 Å². The van der Waals surface area contributed by atoms with Crippen molar-refractivity contribution >= 4 is 11.6 Å². The molecule has 0 aliphatic carbocycles. The average molecular weight is 390 g/mol. The van der Waals surface area contributed by atoms with Crippen LogP contribution in [0.25, 0.3) is 11.5 Å². The maximum absolute atomic E-state index is 12.5. The number of amides is 1. The van der Waals surface area contributed by atoms with Crippen LogP contribution in [0.15, 0.2) is 59.0 Å². The smallest absolute Gasteiger partial charge is 0.247 e. The molecule has 1 saturated heterocycles. The predicted molar refractivity (Wildman–Crippen MR) is 112 cm³/mol. The molecule has 0 saturated carbocycles. The molecule has 2 heterocycles. The first-order valence-corrected chi connectivity index (χ1v) is 10.1. The van der Waals surface area contributed by atoms with Crippen LogP contribution in [0.2, 0.25) is 0 Å². The Morgan fingerprint density at radius 1 is 1.10 bits per heavy atom. The lowest BCUT2D eigenvalue weighted by Crippen LogP contribution is -2.39. The van der Waals surface area contributed by atoms with Gasteiger partial charge in [-0.25, -0.2) is 0 Å². The Hall–Kier alpha value is -2.99. The topological polar surface area (TPSA) is 71.3 Å². The fourth-order valence-electron chi connectivity index (χ4n) is 3.77. The average Bonchev–Trinajstić information content (AvgIpc) is 3.24. The van der Waals surface area contributed by atoms with Gasteiger partial charge in [-0.3, -0.25) is 9.69 Å². The maximum atomic E-state index is 12.5. The molecule has 1 N–H and O–H groups in total. The third kappa shape index (κ3) is 4.54. The number of nitrogens with zero attached hydrogens (tertiary/aromatic N) is 3. The Labute approximate surface area is 170 Å². The standard InChI is InChI=1S/C23H26N4O2/c1-16-7-6-8-19(15-16)23-26-25-22(29-23)17(2)27-13-11-18(12-14-27)21(28)24-20-9-4-3-5-10-20/h3-10,15,17-18H,11-14H2,1-2H3,(H,24,28)/t17-/m1/s1. The minimum atomic E-state index is 0.0270. The van der Waals surface area contributed by atoms with Crippen LogP contribution in [0.3, 0.4) is 0 Å². The van der Waals surface area contributed by atoms with Gasteiger partial charge in [0.1, 0.15) is 0 Å². The Bertz CT molecular complexity index is 962. The lowest BCUT2D eigenvalue weighted by molar-refractivity contribution is -0.121. The number of piperidine rings is 1. The Morgan fingerprint density at radius 3 is 2.59 bits per heavy atom. The molecule has 2 aromatic carbocycles. The van der Waals surface area contributed by atoms with Crippen LogP contribution < -0.4 is 5.32 Å². The van der Waals surface area contributed by atoms with E-state index in [9.17, 15) is 4.79 Å². The quantitative estimate of drug-likeness (QED) is 0.697. The third-order valence-corrected chi connectivity index (χ3v) is 5.55. The van der Waals surface area contributed by atoms with Crippen molar-refractivity contribution in [2.24, 2.45) is 5.92 Å². The van der Waals surface area contributed by atoms with Crippen LogP contribution in [0.4, 0.5) is 5.69 Å². The zero-order valence-corrected chi connectivity index (χ0v) is 16.8. The summed E-state index contributed by atoms with van der Waals surface area (Å²) in [5.74, 6) is 1.30. The van der Waals surface area contributed by atoms with Crippen molar-refractivity contribution in [1.82, 2.24) is 15.1 Å². The largest absolute Gasteiger partial charge is 0.419 e. The molecule has 150 valence electrons. The van der Waals surface area contributed by atoms with Gasteiger partial charge in [-0.2, -0.15) is 0 Å². The summed E-state index contributed by atoms with van der Waals surface area (Å²) in [7, 11) is 0. The van der Waals surface area contributed by atoms with Crippen molar-refractivity contribution in [1.29, 1.82) is 0 Å². The summed E-state index contributed by atoms with van der Waals surface area (Å²) in [4.78, 5) is 14.8. The van der Waals surface area contributed by atoms with Crippen LogP contribution in [0, 0.1) is 12.8 Å². The van der Waals surface area contributed by atoms with Crippen molar-refractivity contribution in [2.75, 3.05) is 18.4 Å². The second-order valence-corrected chi connectivity index (χ2v) is 7.66. The highest BCUT2D eigenvalue weighted by Gasteiger charge is 2.29. The lowest BCUT2D eigenvalue weighted by atomic mass is 9.95. The van der Waals surface area contributed by atoms with E-state index in [2.05, 4.69) is 27.3 Å². The van der Waals surface area contributed by atoms with Gasteiger partial charge in [0.05, 0.1) is 6.04 Å². The SMILES string of the molecule is Cc1cccc(-c2nnc([C@@H](C)N3CCC(C(=O)Nc4ccccc4)CC3)o2)c1. The number of carbonyl (C=O) groups is 1. The van der Waals surface area contributed by atoms with Crippen LogP contribution in [-0.4, -0.2) is 34.1 Å². The number of rotatable bonds is 5. The van der Waals surface area contributed by atoms with Crippen LogP contribution in [0.1, 0.15) is 37.3 Å². The monoisotopic (exact) mass is 390 g/mol. The summed E-state index contributed by atoms with van der Waals surface area (Å²) in [6, 6.07) is 17.7. The minimum Gasteiger partial charge on any atom is -0.419 e. The second kappa shape index (κ2) is 8.57. The summed E-state index contributed by atoms with van der Waals surface area (Å²) in [5, 5.41) is 11.5. The Morgan fingerprint density at radius 2 is 1.86 bits per heavy atom. The first kappa shape index (κ1) is 19.3. The fraction of sp³-hybridized carbons (Fsp3) is 0.348. The number of nitrogens with one attached hydrogen (secondary N) is 1. The van der Waals surface area contributed by atoms with Gasteiger partial charge in [0, 0.05) is 17.2 Å². The van der Waals surface area contributed by atoms with Crippen molar-refractivity contribution in [3.05, 3.63) is 66.1 Å². The van der Waals surface area contributed by atoms with Crippen molar-refractivity contribution in [2.45, 2.75) is 32.7 Å². The maximum Gasteiger partial charge on any atom is 0.247 e. The zero-order chi connectivity index (χ0) is 20.2. The predicted octanol–water partition coefficient (Wildman–Crippen LogP) is 4.46. The number of carbonyl (C=O) groups excluding carboxylic acids is 1. The van der Waals surface area contributed by atoms with Gasteiger partial charge >= 0.3 is 0 Å². The van der Waals surface area contributed by atoms with E-state index in [1.54, 1.807) is 0 Å². The molecule has 29 heavy (non-hydrogen) atoms. The minimum absolute atomic E-state index is 0.0270. The van der Waals surface area contributed by atoms with E-state index >= 15 is 0 Å². The lowest BCUT2D eigenvalue weighted by Gasteiger charge is -2.33. The second-order valence-electron chi connectivity index (χ2n) is 7.66. The summed E-state index contributed by atoms with van der Waals surface area (Å²) in [5.41, 5.74) is 2.95. The van der Waals surface area contributed by atoms with E-state index in [-0.39, 0.29) is 17.9 Å². The first-order chi connectivity index (χ1) is 14.1. The van der Waals surface area contributed by atoms with E-state index in [1.165, 1.54) is 0 Å². The number of hydrogen-bond acceptors (Lipinski definition) is 5. The highest BCUT2D eigenvalue weighted by Crippen LogP contribution is 2.28. The van der Waals surface area contributed by atoms with Crippen LogP contribution >= 0.6 is 0 Å². The molecule has 0 unspecified atom stereocenters. The molecule has 0 radical (unpaired) electrons. The summed E-state index contributed by atoms with van der Waals surface area (Å²) >= 11 is 0. The molecule has 3 aromatic rings. The van der Waals surface area contributed by atoms with Crippen molar-refractivity contribution < 1.29 is 9.21 Å². The number of aryl methyl sites for hydroxylation is 1. The first-order valence-electron chi connectivity index (χ1n) is 10.1. The van der Waals surface area contributed by atoms with Crippen molar-refractivity contribution in [3.63, 3.8) is 0 Å². The van der Waals surface area contributed by atoms with Crippen LogP contribution in [0.5, 0.6) is 0 Å². The molecule has 1 aromatic heterocycles. The van der Waals surface area contributed by atoms with E-state index in [4.69, 9.17) is 4.42 Å². The summed E-state index contributed by atoms with van der Waals surface area (Å²) in [6.45, 7) is 5.78. The van der Waals surface area contributed by atoms with E-state index in [0.29, 0.717) is 11.8 Å². The fourth-order valence-corrected chi connectivity index (χ4v) is 3.77. The number of likely N-dealkylation sites (tertiary alicyclic amines) is 1. The van der Waals surface area contributed by atoms with E-state index in [1.807, 2.05) is 61.5 Å². The number of aromatic nitrogens is 2. The molecule has 0 spiro atoms. The zero-order valence-electron chi connectivity index (χ0n) is 16.8. The van der Waals surface area contributed by atoms with Gasteiger partial charge in [-0.1, -0.05) is 35.9 Å². The van der Waals surface area contributed by atoms with Crippen molar-refractivity contribution in [3.8, 4) is 11.5 Å². The molecule has 1 aliphatic heterocycles. The Kier molecular flexibility index (Phi) is 5.71.